The molecule has 3 rings (SSSR count). The molecule has 1 aromatic rings. The molecule has 0 radical (unpaired) electrons. The van der Waals surface area contributed by atoms with Crippen LogP contribution in [0.5, 0.6) is 5.75 Å². The van der Waals surface area contributed by atoms with Gasteiger partial charge < -0.3 is 14.5 Å². The number of imide groups is 1. The van der Waals surface area contributed by atoms with Crippen molar-refractivity contribution in [3.63, 3.8) is 0 Å². The fourth-order valence-electron chi connectivity index (χ4n) is 3.33. The van der Waals surface area contributed by atoms with Gasteiger partial charge in [-0.3, -0.25) is 19.3 Å². The molecular formula is C18H23N3O4. The summed E-state index contributed by atoms with van der Waals surface area (Å²) in [7, 11) is 1.65. The van der Waals surface area contributed by atoms with E-state index >= 15 is 0 Å². The van der Waals surface area contributed by atoms with E-state index in [4.69, 9.17) is 4.74 Å². The SMILES string of the molecule is COc1ccccc1N1CCN(C(=O)CCN2C(=O)CCC2=O)CC1. The van der Waals surface area contributed by atoms with Gasteiger partial charge in [0.15, 0.2) is 0 Å². The minimum atomic E-state index is -0.168. The number of likely N-dealkylation sites (tertiary alicyclic amines) is 1. The van der Waals surface area contributed by atoms with E-state index in [0.717, 1.165) is 24.5 Å². The summed E-state index contributed by atoms with van der Waals surface area (Å²) in [4.78, 5) is 40.8. The lowest BCUT2D eigenvalue weighted by molar-refractivity contribution is -0.139. The van der Waals surface area contributed by atoms with Crippen LogP contribution in [0.25, 0.3) is 0 Å². The molecule has 2 aliphatic rings. The third-order valence-corrected chi connectivity index (χ3v) is 4.76. The largest absolute Gasteiger partial charge is 0.495 e. The quantitative estimate of drug-likeness (QED) is 0.741. The van der Waals surface area contributed by atoms with Crippen LogP contribution in [0.15, 0.2) is 24.3 Å². The van der Waals surface area contributed by atoms with Gasteiger partial charge in [0.05, 0.1) is 12.8 Å². The molecule has 0 saturated carbocycles. The Hall–Kier alpha value is -2.57. The number of carbonyl (C=O) groups is 3. The monoisotopic (exact) mass is 345 g/mol. The van der Waals surface area contributed by atoms with Gasteiger partial charge in [-0.1, -0.05) is 12.1 Å². The highest BCUT2D eigenvalue weighted by Gasteiger charge is 2.30. The van der Waals surface area contributed by atoms with Crippen molar-refractivity contribution in [1.29, 1.82) is 0 Å². The molecule has 25 heavy (non-hydrogen) atoms. The Bertz CT molecular complexity index is 652. The molecular weight excluding hydrogens is 322 g/mol. The first-order valence-electron chi connectivity index (χ1n) is 8.59. The van der Waals surface area contributed by atoms with Crippen molar-refractivity contribution in [1.82, 2.24) is 9.80 Å². The molecule has 3 amide bonds. The Morgan fingerprint density at radius 2 is 1.68 bits per heavy atom. The molecule has 7 heteroatoms. The molecule has 2 saturated heterocycles. The van der Waals surface area contributed by atoms with Crippen LogP contribution < -0.4 is 9.64 Å². The number of para-hydroxylation sites is 2. The van der Waals surface area contributed by atoms with Crippen molar-refractivity contribution in [2.24, 2.45) is 0 Å². The van der Waals surface area contributed by atoms with Crippen molar-refractivity contribution in [3.05, 3.63) is 24.3 Å². The fourth-order valence-corrected chi connectivity index (χ4v) is 3.33. The zero-order valence-corrected chi connectivity index (χ0v) is 14.4. The second-order valence-electron chi connectivity index (χ2n) is 6.23. The minimum absolute atomic E-state index is 0.00724. The zero-order chi connectivity index (χ0) is 17.8. The molecule has 2 fully saturated rings. The average molecular weight is 345 g/mol. The van der Waals surface area contributed by atoms with Gasteiger partial charge in [-0.25, -0.2) is 0 Å². The van der Waals surface area contributed by atoms with Gasteiger partial charge in [-0.15, -0.1) is 0 Å². The molecule has 0 atom stereocenters. The lowest BCUT2D eigenvalue weighted by Gasteiger charge is -2.36. The lowest BCUT2D eigenvalue weighted by atomic mass is 10.2. The van der Waals surface area contributed by atoms with E-state index < -0.39 is 0 Å². The van der Waals surface area contributed by atoms with Crippen LogP contribution in [-0.4, -0.2) is 67.4 Å². The first-order chi connectivity index (χ1) is 12.1. The lowest BCUT2D eigenvalue weighted by Crippen LogP contribution is -2.49. The average Bonchev–Trinajstić information content (AvgIpc) is 2.97. The highest BCUT2D eigenvalue weighted by atomic mass is 16.5. The Labute approximate surface area is 147 Å². The van der Waals surface area contributed by atoms with Gasteiger partial charge in [0.1, 0.15) is 5.75 Å². The van der Waals surface area contributed by atoms with Crippen LogP contribution in [0.3, 0.4) is 0 Å². The van der Waals surface area contributed by atoms with Gasteiger partial charge >= 0.3 is 0 Å². The van der Waals surface area contributed by atoms with E-state index in [1.807, 2.05) is 24.3 Å². The summed E-state index contributed by atoms with van der Waals surface area (Å²) < 4.78 is 5.40. The van der Waals surface area contributed by atoms with Crippen LogP contribution in [0.2, 0.25) is 0 Å². The summed E-state index contributed by atoms with van der Waals surface area (Å²) in [5.41, 5.74) is 1.03. The summed E-state index contributed by atoms with van der Waals surface area (Å²) >= 11 is 0. The summed E-state index contributed by atoms with van der Waals surface area (Å²) in [6.07, 6.45) is 0.737. The van der Waals surface area contributed by atoms with Crippen molar-refractivity contribution >= 4 is 23.4 Å². The number of hydrogen-bond acceptors (Lipinski definition) is 5. The molecule has 134 valence electrons. The van der Waals surface area contributed by atoms with Gasteiger partial charge in [0, 0.05) is 52.0 Å². The topological polar surface area (TPSA) is 70.2 Å². The molecule has 0 aliphatic carbocycles. The summed E-state index contributed by atoms with van der Waals surface area (Å²) in [5.74, 6) is 0.484. The number of rotatable bonds is 5. The molecule has 1 aromatic carbocycles. The smallest absolute Gasteiger partial charge is 0.229 e. The van der Waals surface area contributed by atoms with Crippen molar-refractivity contribution in [3.8, 4) is 5.75 Å². The normalized spacial score (nSPS) is 18.0. The maximum atomic E-state index is 12.4. The minimum Gasteiger partial charge on any atom is -0.495 e. The van der Waals surface area contributed by atoms with E-state index in [-0.39, 0.29) is 43.5 Å². The van der Waals surface area contributed by atoms with E-state index in [1.54, 1.807) is 12.0 Å². The summed E-state index contributed by atoms with van der Waals surface area (Å²) in [5, 5.41) is 0. The Balaban J connectivity index is 1.51. The molecule has 2 heterocycles. The molecule has 0 aromatic heterocycles. The van der Waals surface area contributed by atoms with Crippen molar-refractivity contribution in [2.75, 3.05) is 44.7 Å². The van der Waals surface area contributed by atoms with Gasteiger partial charge in [-0.05, 0) is 12.1 Å². The fraction of sp³-hybridized carbons (Fsp3) is 0.500. The maximum Gasteiger partial charge on any atom is 0.229 e. The number of benzene rings is 1. The highest BCUT2D eigenvalue weighted by molar-refractivity contribution is 6.02. The van der Waals surface area contributed by atoms with Gasteiger partial charge in [0.25, 0.3) is 0 Å². The van der Waals surface area contributed by atoms with Crippen LogP contribution in [0.1, 0.15) is 19.3 Å². The first kappa shape index (κ1) is 17.3. The number of nitrogens with zero attached hydrogens (tertiary/aromatic N) is 3. The van der Waals surface area contributed by atoms with Crippen molar-refractivity contribution in [2.45, 2.75) is 19.3 Å². The summed E-state index contributed by atoms with van der Waals surface area (Å²) in [6, 6.07) is 7.85. The van der Waals surface area contributed by atoms with E-state index in [1.165, 1.54) is 4.90 Å². The molecule has 0 spiro atoms. The maximum absolute atomic E-state index is 12.4. The number of methoxy groups -OCH3 is 1. The van der Waals surface area contributed by atoms with Gasteiger partial charge in [0.2, 0.25) is 17.7 Å². The number of carbonyl (C=O) groups excluding carboxylic acids is 3. The van der Waals surface area contributed by atoms with E-state index in [0.29, 0.717) is 13.1 Å². The molecule has 2 aliphatic heterocycles. The number of piperazine rings is 1. The summed E-state index contributed by atoms with van der Waals surface area (Å²) in [6.45, 7) is 2.90. The number of anilines is 1. The third-order valence-electron chi connectivity index (χ3n) is 4.76. The molecule has 0 unspecified atom stereocenters. The second-order valence-corrected chi connectivity index (χ2v) is 6.23. The predicted molar refractivity (Wildman–Crippen MR) is 92.4 cm³/mol. The van der Waals surface area contributed by atoms with Crippen LogP contribution in [0.4, 0.5) is 5.69 Å². The number of ether oxygens (including phenoxy) is 1. The Morgan fingerprint density at radius 3 is 2.32 bits per heavy atom. The van der Waals surface area contributed by atoms with E-state index in [9.17, 15) is 14.4 Å². The zero-order valence-electron chi connectivity index (χ0n) is 14.4. The van der Waals surface area contributed by atoms with Crippen molar-refractivity contribution < 1.29 is 19.1 Å². The molecule has 7 nitrogen and oxygen atoms in total. The van der Waals surface area contributed by atoms with Crippen LogP contribution in [-0.2, 0) is 14.4 Å². The third kappa shape index (κ3) is 3.75. The van der Waals surface area contributed by atoms with E-state index in [2.05, 4.69) is 4.90 Å². The molecule has 0 N–H and O–H groups in total. The van der Waals surface area contributed by atoms with Gasteiger partial charge in [-0.2, -0.15) is 0 Å². The number of hydrogen-bond donors (Lipinski definition) is 0. The molecule has 0 bridgehead atoms. The van der Waals surface area contributed by atoms with Crippen LogP contribution in [0, 0.1) is 0 Å². The predicted octanol–water partition coefficient (Wildman–Crippen LogP) is 0.883. The standard InChI is InChI=1S/C18H23N3O4/c1-25-15-5-3-2-4-14(15)19-10-12-20(13-11-19)16(22)8-9-21-17(23)6-7-18(21)24/h2-5H,6-13H2,1H3. The number of amides is 3. The van der Waals surface area contributed by atoms with Crippen LogP contribution >= 0.6 is 0 Å². The first-order valence-corrected chi connectivity index (χ1v) is 8.59. The Kier molecular flexibility index (Phi) is 5.21. The Morgan fingerprint density at radius 1 is 1.04 bits per heavy atom. The second kappa shape index (κ2) is 7.55. The highest BCUT2D eigenvalue weighted by Crippen LogP contribution is 2.28.